The Morgan fingerprint density at radius 1 is 1.11 bits per heavy atom. The number of halogens is 3. The normalized spacial score (nSPS) is 10.5. The Hall–Kier alpha value is -1.81. The highest BCUT2D eigenvalue weighted by Gasteiger charge is 2.06. The molecule has 2 aromatic rings. The van der Waals surface area contributed by atoms with Crippen molar-refractivity contribution < 1.29 is 8.78 Å². The molecule has 19 heavy (non-hydrogen) atoms. The largest absolute Gasteiger partial charge is 0.397 e. The molecule has 0 aliphatic heterocycles. The van der Waals surface area contributed by atoms with Gasteiger partial charge in [0.1, 0.15) is 11.6 Å². The van der Waals surface area contributed by atoms with Crippen molar-refractivity contribution in [2.24, 2.45) is 0 Å². The molecule has 0 aliphatic carbocycles. The highest BCUT2D eigenvalue weighted by molar-refractivity contribution is 6.31. The molecule has 100 valence electrons. The second-order valence-corrected chi connectivity index (χ2v) is 4.53. The fraction of sp³-hybridized carbons (Fsp3) is 0.143. The fourth-order valence-corrected chi connectivity index (χ4v) is 1.92. The maximum atomic E-state index is 13.4. The summed E-state index contributed by atoms with van der Waals surface area (Å²) in [5.74, 6) is -0.788. The molecule has 0 bridgehead atoms. The number of rotatable bonds is 4. The second-order valence-electron chi connectivity index (χ2n) is 4.12. The molecule has 2 nitrogen and oxygen atoms in total. The van der Waals surface area contributed by atoms with Crippen LogP contribution in [0.4, 0.5) is 20.2 Å². The van der Waals surface area contributed by atoms with Crippen LogP contribution in [0.25, 0.3) is 0 Å². The first-order chi connectivity index (χ1) is 9.08. The maximum absolute atomic E-state index is 13.4. The van der Waals surface area contributed by atoms with Gasteiger partial charge in [-0.2, -0.15) is 0 Å². The number of anilines is 2. The molecule has 0 radical (unpaired) electrons. The number of nitrogens with one attached hydrogen (secondary N) is 1. The van der Waals surface area contributed by atoms with Gasteiger partial charge in [0, 0.05) is 12.6 Å². The fourth-order valence-electron chi connectivity index (χ4n) is 1.75. The van der Waals surface area contributed by atoms with Gasteiger partial charge in [0.05, 0.1) is 16.4 Å². The van der Waals surface area contributed by atoms with E-state index in [1.807, 2.05) is 0 Å². The van der Waals surface area contributed by atoms with Crippen LogP contribution in [-0.4, -0.2) is 6.54 Å². The van der Waals surface area contributed by atoms with Crippen LogP contribution in [0.1, 0.15) is 5.56 Å². The van der Waals surface area contributed by atoms with Gasteiger partial charge in [0.2, 0.25) is 0 Å². The lowest BCUT2D eigenvalue weighted by atomic mass is 10.1. The van der Waals surface area contributed by atoms with E-state index < -0.39 is 5.82 Å². The zero-order valence-corrected chi connectivity index (χ0v) is 10.8. The van der Waals surface area contributed by atoms with Crippen LogP contribution >= 0.6 is 11.6 Å². The topological polar surface area (TPSA) is 38.0 Å². The summed E-state index contributed by atoms with van der Waals surface area (Å²) in [6, 6.07) is 9.11. The van der Waals surface area contributed by atoms with Crippen molar-refractivity contribution in [3.8, 4) is 0 Å². The Balaban J connectivity index is 2.00. The second kappa shape index (κ2) is 5.89. The summed E-state index contributed by atoms with van der Waals surface area (Å²) in [6.07, 6.45) is 0.482. The molecule has 0 aromatic heterocycles. The lowest BCUT2D eigenvalue weighted by Gasteiger charge is -2.10. The zero-order chi connectivity index (χ0) is 13.8. The predicted octanol–water partition coefficient (Wildman–Crippen LogP) is 3.86. The molecule has 5 heteroatoms. The Bertz CT molecular complexity index is 588. The van der Waals surface area contributed by atoms with Gasteiger partial charge in [-0.3, -0.25) is 0 Å². The first-order valence-electron chi connectivity index (χ1n) is 5.79. The summed E-state index contributed by atoms with van der Waals surface area (Å²) in [7, 11) is 0. The van der Waals surface area contributed by atoms with Gasteiger partial charge in [0.25, 0.3) is 0 Å². The molecule has 2 aromatic carbocycles. The van der Waals surface area contributed by atoms with Crippen molar-refractivity contribution in [2.45, 2.75) is 6.42 Å². The molecule has 0 amide bonds. The van der Waals surface area contributed by atoms with E-state index in [0.717, 1.165) is 0 Å². The lowest BCUT2D eigenvalue weighted by molar-refractivity contribution is 0.610. The Labute approximate surface area is 115 Å². The Kier molecular flexibility index (Phi) is 4.22. The van der Waals surface area contributed by atoms with Crippen molar-refractivity contribution in [3.05, 3.63) is 58.6 Å². The van der Waals surface area contributed by atoms with Crippen LogP contribution in [0.2, 0.25) is 5.02 Å². The Morgan fingerprint density at radius 3 is 2.58 bits per heavy atom. The van der Waals surface area contributed by atoms with E-state index in [-0.39, 0.29) is 10.8 Å². The molecule has 2 rings (SSSR count). The first kappa shape index (κ1) is 13.6. The summed E-state index contributed by atoms with van der Waals surface area (Å²) in [5, 5.41) is 2.95. The van der Waals surface area contributed by atoms with Gasteiger partial charge in [-0.15, -0.1) is 0 Å². The Morgan fingerprint density at radius 2 is 1.84 bits per heavy atom. The quantitative estimate of drug-likeness (QED) is 0.836. The number of benzene rings is 2. The number of hydrogen-bond donors (Lipinski definition) is 2. The van der Waals surface area contributed by atoms with Gasteiger partial charge in [-0.05, 0) is 24.1 Å². The average molecular weight is 283 g/mol. The molecular formula is C14H13ClF2N2. The summed E-state index contributed by atoms with van der Waals surface area (Å²) >= 11 is 5.60. The predicted molar refractivity (Wildman–Crippen MR) is 74.4 cm³/mol. The van der Waals surface area contributed by atoms with Gasteiger partial charge >= 0.3 is 0 Å². The molecule has 3 N–H and O–H groups in total. The molecule has 0 saturated heterocycles. The summed E-state index contributed by atoms with van der Waals surface area (Å²) < 4.78 is 26.7. The minimum atomic E-state index is -0.538. The standard InChI is InChI=1S/C14H13ClF2N2/c15-10-7-13(18)14(8-12(10)17)19-6-5-9-3-1-2-4-11(9)16/h1-4,7-8,19H,5-6,18H2. The minimum Gasteiger partial charge on any atom is -0.397 e. The van der Waals surface area contributed by atoms with Crippen LogP contribution < -0.4 is 11.1 Å². The smallest absolute Gasteiger partial charge is 0.143 e. The molecule has 0 aliphatic rings. The summed E-state index contributed by atoms with van der Waals surface area (Å²) in [5.41, 5.74) is 7.13. The third-order valence-electron chi connectivity index (χ3n) is 2.76. The summed E-state index contributed by atoms with van der Waals surface area (Å²) in [4.78, 5) is 0. The van der Waals surface area contributed by atoms with E-state index in [1.165, 1.54) is 18.2 Å². The molecule has 0 fully saturated rings. The third kappa shape index (κ3) is 3.35. The van der Waals surface area contributed by atoms with Crippen LogP contribution in [-0.2, 0) is 6.42 Å². The van der Waals surface area contributed by atoms with E-state index in [4.69, 9.17) is 17.3 Å². The van der Waals surface area contributed by atoms with Gasteiger partial charge in [0.15, 0.2) is 0 Å². The van der Waals surface area contributed by atoms with Crippen molar-refractivity contribution in [3.63, 3.8) is 0 Å². The SMILES string of the molecule is Nc1cc(Cl)c(F)cc1NCCc1ccccc1F. The lowest BCUT2D eigenvalue weighted by Crippen LogP contribution is -2.08. The van der Waals surface area contributed by atoms with Crippen molar-refractivity contribution in [1.82, 2.24) is 0 Å². The molecule has 0 atom stereocenters. The summed E-state index contributed by atoms with van der Waals surface area (Å²) in [6.45, 7) is 0.451. The van der Waals surface area contributed by atoms with Gasteiger partial charge in [-0.1, -0.05) is 29.8 Å². The number of nitrogen functional groups attached to an aromatic ring is 1. The monoisotopic (exact) mass is 282 g/mol. The first-order valence-corrected chi connectivity index (χ1v) is 6.17. The van der Waals surface area contributed by atoms with Crippen LogP contribution in [0.3, 0.4) is 0 Å². The van der Waals surface area contributed by atoms with Gasteiger partial charge < -0.3 is 11.1 Å². The molecule has 0 unspecified atom stereocenters. The van der Waals surface area contributed by atoms with Crippen molar-refractivity contribution in [1.29, 1.82) is 0 Å². The zero-order valence-electron chi connectivity index (χ0n) is 10.1. The van der Waals surface area contributed by atoms with Crippen LogP contribution in [0.5, 0.6) is 0 Å². The van der Waals surface area contributed by atoms with E-state index >= 15 is 0 Å². The number of nitrogens with two attached hydrogens (primary N) is 1. The van der Waals surface area contributed by atoms with E-state index in [1.54, 1.807) is 18.2 Å². The minimum absolute atomic E-state index is 0.0165. The van der Waals surface area contributed by atoms with E-state index in [9.17, 15) is 8.78 Å². The van der Waals surface area contributed by atoms with Gasteiger partial charge in [-0.25, -0.2) is 8.78 Å². The maximum Gasteiger partial charge on any atom is 0.143 e. The van der Waals surface area contributed by atoms with Crippen molar-refractivity contribution >= 4 is 23.0 Å². The average Bonchev–Trinajstić information content (AvgIpc) is 2.38. The highest BCUT2D eigenvalue weighted by atomic mass is 35.5. The molecule has 0 heterocycles. The van der Waals surface area contributed by atoms with E-state index in [0.29, 0.717) is 29.9 Å². The highest BCUT2D eigenvalue weighted by Crippen LogP contribution is 2.26. The van der Waals surface area contributed by atoms with Crippen LogP contribution in [0, 0.1) is 11.6 Å². The van der Waals surface area contributed by atoms with Crippen LogP contribution in [0.15, 0.2) is 36.4 Å². The molecule has 0 saturated carbocycles. The molecule has 0 spiro atoms. The molecular weight excluding hydrogens is 270 g/mol. The third-order valence-corrected chi connectivity index (χ3v) is 3.05. The van der Waals surface area contributed by atoms with E-state index in [2.05, 4.69) is 5.32 Å². The van der Waals surface area contributed by atoms with Crippen molar-refractivity contribution in [2.75, 3.05) is 17.6 Å². The number of hydrogen-bond acceptors (Lipinski definition) is 2.